The SMILES string of the molecule is CC(C)[C@H](NC(=O)CSc1nnnn1Cc1ccco1)c1ccc2c(c1)OCCCO2. The number of aromatic nitrogens is 4. The normalized spacial score (nSPS) is 14.3. The van der Waals surface area contributed by atoms with Crippen LogP contribution in [0.25, 0.3) is 0 Å². The third-order valence-electron chi connectivity index (χ3n) is 4.83. The van der Waals surface area contributed by atoms with Crippen molar-refractivity contribution >= 4 is 17.7 Å². The van der Waals surface area contributed by atoms with Crippen LogP contribution in [-0.2, 0) is 11.3 Å². The summed E-state index contributed by atoms with van der Waals surface area (Å²) in [5, 5.41) is 15.4. The highest BCUT2D eigenvalue weighted by Gasteiger charge is 2.22. The van der Waals surface area contributed by atoms with Crippen LogP contribution in [0.3, 0.4) is 0 Å². The quantitative estimate of drug-likeness (QED) is 0.530. The molecule has 1 aromatic carbocycles. The van der Waals surface area contributed by atoms with Crippen LogP contribution in [0, 0.1) is 5.92 Å². The van der Waals surface area contributed by atoms with Crippen LogP contribution >= 0.6 is 11.8 Å². The number of benzene rings is 1. The second-order valence-corrected chi connectivity index (χ2v) is 8.48. The molecule has 10 heteroatoms. The van der Waals surface area contributed by atoms with Gasteiger partial charge in [-0.2, -0.15) is 0 Å². The van der Waals surface area contributed by atoms with Crippen LogP contribution in [-0.4, -0.2) is 45.1 Å². The molecule has 9 nitrogen and oxygen atoms in total. The van der Waals surface area contributed by atoms with Crippen molar-refractivity contribution in [1.29, 1.82) is 0 Å². The minimum Gasteiger partial charge on any atom is -0.490 e. The number of fused-ring (bicyclic) bond motifs is 1. The van der Waals surface area contributed by atoms with Crippen molar-refractivity contribution in [2.75, 3.05) is 19.0 Å². The summed E-state index contributed by atoms with van der Waals surface area (Å²) in [7, 11) is 0. The van der Waals surface area contributed by atoms with Gasteiger partial charge in [-0.15, -0.1) is 5.10 Å². The topological polar surface area (TPSA) is 104 Å². The number of tetrazole rings is 1. The molecule has 2 aromatic heterocycles. The van der Waals surface area contributed by atoms with E-state index in [0.29, 0.717) is 24.9 Å². The highest BCUT2D eigenvalue weighted by molar-refractivity contribution is 7.99. The molecule has 164 valence electrons. The maximum Gasteiger partial charge on any atom is 0.230 e. The van der Waals surface area contributed by atoms with Crippen molar-refractivity contribution in [3.05, 3.63) is 47.9 Å². The number of ether oxygens (including phenoxy) is 2. The largest absolute Gasteiger partial charge is 0.490 e. The molecule has 0 radical (unpaired) electrons. The Morgan fingerprint density at radius 3 is 2.84 bits per heavy atom. The fourth-order valence-corrected chi connectivity index (χ4v) is 3.99. The Balaban J connectivity index is 1.39. The summed E-state index contributed by atoms with van der Waals surface area (Å²) in [5.74, 6) is 2.52. The third-order valence-corrected chi connectivity index (χ3v) is 5.79. The molecular weight excluding hydrogens is 418 g/mol. The Morgan fingerprint density at radius 1 is 1.23 bits per heavy atom. The predicted octanol–water partition coefficient (Wildman–Crippen LogP) is 3.08. The van der Waals surface area contributed by atoms with Crippen LogP contribution < -0.4 is 14.8 Å². The second kappa shape index (κ2) is 9.86. The molecule has 1 aliphatic heterocycles. The number of nitrogens with zero attached hydrogens (tertiary/aromatic N) is 4. The molecule has 1 amide bonds. The van der Waals surface area contributed by atoms with Crippen molar-refractivity contribution in [1.82, 2.24) is 25.5 Å². The van der Waals surface area contributed by atoms with E-state index in [-0.39, 0.29) is 23.6 Å². The van der Waals surface area contributed by atoms with Gasteiger partial charge in [0.05, 0.1) is 31.3 Å². The number of rotatable bonds is 8. The van der Waals surface area contributed by atoms with E-state index < -0.39 is 0 Å². The van der Waals surface area contributed by atoms with Crippen LogP contribution in [0.5, 0.6) is 11.5 Å². The molecule has 0 aliphatic carbocycles. The van der Waals surface area contributed by atoms with Gasteiger partial charge in [-0.1, -0.05) is 31.7 Å². The molecular formula is C21H25N5O4S. The van der Waals surface area contributed by atoms with Gasteiger partial charge in [0.15, 0.2) is 11.5 Å². The average molecular weight is 444 g/mol. The van der Waals surface area contributed by atoms with Crippen LogP contribution in [0.2, 0.25) is 0 Å². The summed E-state index contributed by atoms with van der Waals surface area (Å²) in [4.78, 5) is 12.7. The number of amides is 1. The summed E-state index contributed by atoms with van der Waals surface area (Å²) in [6.07, 6.45) is 2.45. The van der Waals surface area contributed by atoms with E-state index in [0.717, 1.165) is 29.2 Å². The summed E-state index contributed by atoms with van der Waals surface area (Å²) in [5.41, 5.74) is 0.986. The molecule has 3 aromatic rings. The third kappa shape index (κ3) is 5.38. The molecule has 0 saturated heterocycles. The Morgan fingerprint density at radius 2 is 2.06 bits per heavy atom. The highest BCUT2D eigenvalue weighted by atomic mass is 32.2. The van der Waals surface area contributed by atoms with E-state index in [1.165, 1.54) is 11.8 Å². The second-order valence-electron chi connectivity index (χ2n) is 7.53. The lowest BCUT2D eigenvalue weighted by molar-refractivity contribution is -0.119. The van der Waals surface area contributed by atoms with E-state index in [9.17, 15) is 4.79 Å². The smallest absolute Gasteiger partial charge is 0.230 e. The van der Waals surface area contributed by atoms with Crippen molar-refractivity contribution in [3.63, 3.8) is 0 Å². The first-order valence-corrected chi connectivity index (χ1v) is 11.2. The lowest BCUT2D eigenvalue weighted by Gasteiger charge is -2.23. The van der Waals surface area contributed by atoms with Gasteiger partial charge in [-0.25, -0.2) is 4.68 Å². The maximum absolute atomic E-state index is 12.7. The summed E-state index contributed by atoms with van der Waals surface area (Å²) in [6, 6.07) is 9.37. The molecule has 0 saturated carbocycles. The first-order chi connectivity index (χ1) is 15.1. The van der Waals surface area contributed by atoms with Gasteiger partial charge in [0.25, 0.3) is 0 Å². The number of nitrogens with one attached hydrogen (secondary N) is 1. The summed E-state index contributed by atoms with van der Waals surface area (Å²) in [6.45, 7) is 5.83. The zero-order valence-electron chi connectivity index (χ0n) is 17.5. The zero-order chi connectivity index (χ0) is 21.6. The van der Waals surface area contributed by atoms with Gasteiger partial charge in [-0.05, 0) is 46.2 Å². The van der Waals surface area contributed by atoms with E-state index in [1.807, 2.05) is 30.3 Å². The monoisotopic (exact) mass is 443 g/mol. The Kier molecular flexibility index (Phi) is 6.76. The Bertz CT molecular complexity index is 1010. The zero-order valence-corrected chi connectivity index (χ0v) is 18.3. The number of furan rings is 1. The van der Waals surface area contributed by atoms with Gasteiger partial charge in [-0.3, -0.25) is 4.79 Å². The number of thioether (sulfide) groups is 1. The molecule has 0 bridgehead atoms. The molecule has 1 atom stereocenters. The van der Waals surface area contributed by atoms with Crippen molar-refractivity contribution in [3.8, 4) is 11.5 Å². The van der Waals surface area contributed by atoms with Gasteiger partial charge in [0.1, 0.15) is 12.3 Å². The molecule has 4 rings (SSSR count). The minimum absolute atomic E-state index is 0.0941. The molecule has 0 unspecified atom stereocenters. The first kappa shape index (κ1) is 21.2. The average Bonchev–Trinajstić information content (AvgIpc) is 3.37. The van der Waals surface area contributed by atoms with Gasteiger partial charge < -0.3 is 19.2 Å². The number of carbonyl (C=O) groups excluding carboxylic acids is 1. The van der Waals surface area contributed by atoms with Gasteiger partial charge in [0.2, 0.25) is 11.1 Å². The molecule has 0 fully saturated rings. The van der Waals surface area contributed by atoms with Crippen LogP contribution in [0.15, 0.2) is 46.2 Å². The Labute approximate surface area is 184 Å². The van der Waals surface area contributed by atoms with E-state index >= 15 is 0 Å². The fraction of sp³-hybridized carbons (Fsp3) is 0.429. The van der Waals surface area contributed by atoms with Gasteiger partial charge in [0, 0.05) is 6.42 Å². The Hall–Kier alpha value is -3.01. The van der Waals surface area contributed by atoms with E-state index in [1.54, 1.807) is 10.9 Å². The minimum atomic E-state index is -0.149. The first-order valence-electron chi connectivity index (χ1n) is 10.2. The molecule has 31 heavy (non-hydrogen) atoms. The fourth-order valence-electron chi connectivity index (χ4n) is 3.30. The van der Waals surface area contributed by atoms with Crippen LogP contribution in [0.1, 0.15) is 37.6 Å². The number of hydrogen-bond acceptors (Lipinski definition) is 8. The van der Waals surface area contributed by atoms with Crippen molar-refractivity contribution in [2.24, 2.45) is 5.92 Å². The summed E-state index contributed by atoms with van der Waals surface area (Å²) < 4.78 is 18.5. The lowest BCUT2D eigenvalue weighted by atomic mass is 9.95. The molecule has 1 N–H and O–H groups in total. The van der Waals surface area contributed by atoms with E-state index in [4.69, 9.17) is 13.9 Å². The lowest BCUT2D eigenvalue weighted by Crippen LogP contribution is -2.33. The number of carbonyl (C=O) groups is 1. The molecule has 3 heterocycles. The summed E-state index contributed by atoms with van der Waals surface area (Å²) >= 11 is 1.29. The molecule has 0 spiro atoms. The molecule has 1 aliphatic rings. The standard InChI is InChI=1S/C21H25N5O4S/c1-14(2)20(15-6-7-17-18(11-15)30-10-4-9-29-17)22-19(27)13-31-21-23-24-25-26(21)12-16-5-3-8-28-16/h3,5-8,11,14,20H,4,9-10,12-13H2,1-2H3,(H,22,27)/t20-/m0/s1. The van der Waals surface area contributed by atoms with E-state index in [2.05, 4.69) is 34.7 Å². The highest BCUT2D eigenvalue weighted by Crippen LogP contribution is 2.34. The van der Waals surface area contributed by atoms with Crippen LogP contribution in [0.4, 0.5) is 0 Å². The maximum atomic E-state index is 12.7. The van der Waals surface area contributed by atoms with Crippen molar-refractivity contribution < 1.29 is 18.7 Å². The predicted molar refractivity (Wildman–Crippen MR) is 114 cm³/mol. The van der Waals surface area contributed by atoms with Crippen molar-refractivity contribution in [2.45, 2.75) is 38.0 Å². The van der Waals surface area contributed by atoms with Gasteiger partial charge >= 0.3 is 0 Å². The number of hydrogen-bond donors (Lipinski definition) is 1.